The molecular formula is C16H21N3O. The molecule has 1 unspecified atom stereocenters. The molecular weight excluding hydrogens is 250 g/mol. The van der Waals surface area contributed by atoms with Crippen LogP contribution in [0.4, 0.5) is 5.69 Å². The Morgan fingerprint density at radius 3 is 2.80 bits per heavy atom. The van der Waals surface area contributed by atoms with Gasteiger partial charge in [0.25, 0.3) is 0 Å². The average Bonchev–Trinajstić information content (AvgIpc) is 2.64. The Hall–Kier alpha value is -1.86. The number of hydrogen-bond donors (Lipinski definition) is 1. The van der Waals surface area contributed by atoms with Crippen molar-refractivity contribution in [3.05, 3.63) is 29.8 Å². The number of nitriles is 1. The first-order valence-corrected chi connectivity index (χ1v) is 7.20. The first-order chi connectivity index (χ1) is 9.67. The number of amides is 1. The second-order valence-electron chi connectivity index (χ2n) is 5.55. The molecule has 0 bridgehead atoms. The molecule has 1 saturated heterocycles. The van der Waals surface area contributed by atoms with Crippen LogP contribution in [0.3, 0.4) is 0 Å². The number of anilines is 1. The third-order valence-corrected chi connectivity index (χ3v) is 3.77. The molecule has 106 valence electrons. The molecule has 4 nitrogen and oxygen atoms in total. The molecule has 4 heteroatoms. The van der Waals surface area contributed by atoms with E-state index in [1.807, 2.05) is 0 Å². The average molecular weight is 271 g/mol. The van der Waals surface area contributed by atoms with E-state index in [4.69, 9.17) is 5.26 Å². The van der Waals surface area contributed by atoms with Crippen LogP contribution < -0.4 is 5.32 Å². The minimum atomic E-state index is 0.0178. The number of nitrogens with zero attached hydrogens (tertiary/aromatic N) is 2. The number of hydrogen-bond acceptors (Lipinski definition) is 3. The fourth-order valence-corrected chi connectivity index (χ4v) is 2.51. The topological polar surface area (TPSA) is 56.1 Å². The molecule has 0 saturated carbocycles. The normalized spacial score (nSPS) is 19.9. The van der Waals surface area contributed by atoms with Crippen LogP contribution >= 0.6 is 0 Å². The van der Waals surface area contributed by atoms with Gasteiger partial charge in [0.1, 0.15) is 0 Å². The van der Waals surface area contributed by atoms with Gasteiger partial charge in [-0.15, -0.1) is 0 Å². The van der Waals surface area contributed by atoms with Gasteiger partial charge in [0.2, 0.25) is 5.91 Å². The van der Waals surface area contributed by atoms with E-state index in [1.165, 1.54) is 19.3 Å². The van der Waals surface area contributed by atoms with Gasteiger partial charge in [0.05, 0.1) is 18.2 Å². The number of carbonyl (C=O) groups is 1. The highest BCUT2D eigenvalue weighted by Gasteiger charge is 2.16. The summed E-state index contributed by atoms with van der Waals surface area (Å²) < 4.78 is 0. The van der Waals surface area contributed by atoms with Gasteiger partial charge in [-0.3, -0.25) is 9.69 Å². The van der Waals surface area contributed by atoms with Crippen molar-refractivity contribution < 1.29 is 4.79 Å². The van der Waals surface area contributed by atoms with Gasteiger partial charge in [-0.25, -0.2) is 0 Å². The SMILES string of the molecule is CC1CCCN(CC(=O)Nc2ccc(C#N)cc2)CC1. The summed E-state index contributed by atoms with van der Waals surface area (Å²) >= 11 is 0. The zero-order chi connectivity index (χ0) is 14.4. The van der Waals surface area contributed by atoms with Crippen molar-refractivity contribution in [3.8, 4) is 6.07 Å². The van der Waals surface area contributed by atoms with Gasteiger partial charge in [-0.1, -0.05) is 6.92 Å². The Kier molecular flexibility index (Phi) is 5.14. The lowest BCUT2D eigenvalue weighted by Gasteiger charge is -2.19. The molecule has 2 rings (SSSR count). The first-order valence-electron chi connectivity index (χ1n) is 7.20. The highest BCUT2D eigenvalue weighted by Crippen LogP contribution is 2.16. The number of likely N-dealkylation sites (tertiary alicyclic amines) is 1. The fourth-order valence-electron chi connectivity index (χ4n) is 2.51. The standard InChI is InChI=1S/C16H21N3O/c1-13-3-2-9-19(10-8-13)12-16(20)18-15-6-4-14(11-17)5-7-15/h4-7,13H,2-3,8-10,12H2,1H3,(H,18,20). The van der Waals surface area contributed by atoms with Crippen molar-refractivity contribution in [2.45, 2.75) is 26.2 Å². The molecule has 1 N–H and O–H groups in total. The summed E-state index contributed by atoms with van der Waals surface area (Å²) in [6, 6.07) is 9.02. The second-order valence-corrected chi connectivity index (χ2v) is 5.55. The predicted octanol–water partition coefficient (Wildman–Crippen LogP) is 2.62. The molecule has 1 fully saturated rings. The van der Waals surface area contributed by atoms with E-state index in [0.717, 1.165) is 24.7 Å². The van der Waals surface area contributed by atoms with E-state index >= 15 is 0 Å². The van der Waals surface area contributed by atoms with Crippen LogP contribution in [-0.4, -0.2) is 30.4 Å². The third-order valence-electron chi connectivity index (χ3n) is 3.77. The molecule has 0 radical (unpaired) electrons. The Morgan fingerprint density at radius 2 is 2.10 bits per heavy atom. The van der Waals surface area contributed by atoms with E-state index in [0.29, 0.717) is 12.1 Å². The van der Waals surface area contributed by atoms with Crippen LogP contribution in [0.25, 0.3) is 0 Å². The van der Waals surface area contributed by atoms with Crippen molar-refractivity contribution in [1.29, 1.82) is 5.26 Å². The molecule has 20 heavy (non-hydrogen) atoms. The summed E-state index contributed by atoms with van der Waals surface area (Å²) in [7, 11) is 0. The maximum atomic E-state index is 12.0. The lowest BCUT2D eigenvalue weighted by atomic mass is 10.0. The molecule has 1 aromatic rings. The summed E-state index contributed by atoms with van der Waals surface area (Å²) in [4.78, 5) is 14.2. The van der Waals surface area contributed by atoms with Crippen molar-refractivity contribution in [2.24, 2.45) is 5.92 Å². The Morgan fingerprint density at radius 1 is 1.35 bits per heavy atom. The Bertz CT molecular complexity index is 489. The minimum Gasteiger partial charge on any atom is -0.325 e. The molecule has 1 aromatic carbocycles. The highest BCUT2D eigenvalue weighted by molar-refractivity contribution is 5.92. The number of carbonyl (C=O) groups excluding carboxylic acids is 1. The second kappa shape index (κ2) is 7.06. The van der Waals surface area contributed by atoms with Crippen molar-refractivity contribution >= 4 is 11.6 Å². The van der Waals surface area contributed by atoms with Crippen LogP contribution in [0.5, 0.6) is 0 Å². The predicted molar refractivity (Wildman–Crippen MR) is 79.2 cm³/mol. The third kappa shape index (κ3) is 4.36. The molecule has 1 aliphatic rings. The number of rotatable bonds is 3. The lowest BCUT2D eigenvalue weighted by molar-refractivity contribution is -0.117. The van der Waals surface area contributed by atoms with E-state index in [9.17, 15) is 4.79 Å². The molecule has 1 amide bonds. The summed E-state index contributed by atoms with van der Waals surface area (Å²) in [5.74, 6) is 0.783. The first kappa shape index (κ1) is 14.5. The van der Waals surface area contributed by atoms with Gasteiger partial charge < -0.3 is 5.32 Å². The minimum absolute atomic E-state index is 0.0178. The number of nitrogens with one attached hydrogen (secondary N) is 1. The largest absolute Gasteiger partial charge is 0.325 e. The van der Waals surface area contributed by atoms with Crippen LogP contribution in [0.1, 0.15) is 31.7 Å². The van der Waals surface area contributed by atoms with E-state index in [-0.39, 0.29) is 5.91 Å². The zero-order valence-electron chi connectivity index (χ0n) is 11.9. The van der Waals surface area contributed by atoms with Gasteiger partial charge in [0.15, 0.2) is 0 Å². The van der Waals surface area contributed by atoms with Gasteiger partial charge in [-0.2, -0.15) is 5.26 Å². The lowest BCUT2D eigenvalue weighted by Crippen LogP contribution is -2.34. The Balaban J connectivity index is 1.83. The summed E-state index contributed by atoms with van der Waals surface area (Å²) in [5.41, 5.74) is 1.35. The summed E-state index contributed by atoms with van der Waals surface area (Å²) in [6.45, 7) is 4.74. The van der Waals surface area contributed by atoms with Gasteiger partial charge >= 0.3 is 0 Å². The van der Waals surface area contributed by atoms with Crippen LogP contribution in [-0.2, 0) is 4.79 Å². The number of benzene rings is 1. The van der Waals surface area contributed by atoms with Crippen LogP contribution in [0.15, 0.2) is 24.3 Å². The molecule has 1 aliphatic heterocycles. The summed E-state index contributed by atoms with van der Waals surface area (Å²) in [5, 5.41) is 11.6. The van der Waals surface area contributed by atoms with Gasteiger partial charge in [0, 0.05) is 5.69 Å². The highest BCUT2D eigenvalue weighted by atomic mass is 16.2. The van der Waals surface area contributed by atoms with Crippen molar-refractivity contribution in [3.63, 3.8) is 0 Å². The molecule has 1 heterocycles. The van der Waals surface area contributed by atoms with Crippen molar-refractivity contribution in [2.75, 3.05) is 25.0 Å². The van der Waals surface area contributed by atoms with E-state index in [1.54, 1.807) is 24.3 Å². The zero-order valence-corrected chi connectivity index (χ0v) is 11.9. The van der Waals surface area contributed by atoms with Crippen LogP contribution in [0.2, 0.25) is 0 Å². The molecule has 0 aromatic heterocycles. The Labute approximate surface area is 120 Å². The molecule has 1 atom stereocenters. The summed E-state index contributed by atoms with van der Waals surface area (Å²) in [6.07, 6.45) is 3.60. The van der Waals surface area contributed by atoms with Gasteiger partial charge in [-0.05, 0) is 62.5 Å². The maximum Gasteiger partial charge on any atom is 0.238 e. The smallest absolute Gasteiger partial charge is 0.238 e. The molecule has 0 spiro atoms. The fraction of sp³-hybridized carbons (Fsp3) is 0.500. The quantitative estimate of drug-likeness (QED) is 0.919. The van der Waals surface area contributed by atoms with Crippen molar-refractivity contribution in [1.82, 2.24) is 4.90 Å². The maximum absolute atomic E-state index is 12.0. The molecule has 0 aliphatic carbocycles. The van der Waals surface area contributed by atoms with E-state index < -0.39 is 0 Å². The van der Waals surface area contributed by atoms with E-state index in [2.05, 4.69) is 23.2 Å². The van der Waals surface area contributed by atoms with Crippen LogP contribution in [0, 0.1) is 17.2 Å². The monoisotopic (exact) mass is 271 g/mol.